The van der Waals surface area contributed by atoms with Gasteiger partial charge in [-0.05, 0) is 80.2 Å². The fourth-order valence-electron chi connectivity index (χ4n) is 2.72. The highest BCUT2D eigenvalue weighted by molar-refractivity contribution is 7.80. The number of para-hydroxylation sites is 1. The van der Waals surface area contributed by atoms with E-state index < -0.39 is 0 Å². The van der Waals surface area contributed by atoms with Crippen molar-refractivity contribution in [2.75, 3.05) is 10.6 Å². The molecule has 0 aliphatic rings. The summed E-state index contributed by atoms with van der Waals surface area (Å²) in [6, 6.07) is 24.7. The predicted octanol–water partition coefficient (Wildman–Crippen LogP) is 5.50. The average molecular weight is 435 g/mol. The first-order valence-electron chi connectivity index (χ1n) is 10.0. The molecule has 31 heavy (non-hydrogen) atoms. The monoisotopic (exact) mass is 434 g/mol. The Kier molecular flexibility index (Phi) is 7.84. The lowest BCUT2D eigenvalue weighted by molar-refractivity contribution is 0.250. The van der Waals surface area contributed by atoms with E-state index in [1.165, 1.54) is 0 Å². The van der Waals surface area contributed by atoms with Gasteiger partial charge < -0.3 is 26.0 Å². The van der Waals surface area contributed by atoms with E-state index in [1.807, 2.05) is 92.7 Å². The van der Waals surface area contributed by atoms with Crippen molar-refractivity contribution in [3.8, 4) is 11.5 Å². The van der Waals surface area contributed by atoms with Crippen molar-refractivity contribution >= 4 is 34.7 Å². The van der Waals surface area contributed by atoms with Crippen molar-refractivity contribution in [2.24, 2.45) is 0 Å². The largest absolute Gasteiger partial charge is 0.457 e. The fraction of sp³-hybridized carbons (Fsp3) is 0.167. The summed E-state index contributed by atoms with van der Waals surface area (Å²) in [7, 11) is 0. The maximum atomic E-state index is 11.7. The first kappa shape index (κ1) is 22.1. The molecule has 7 heteroatoms. The highest BCUT2D eigenvalue weighted by Crippen LogP contribution is 2.22. The van der Waals surface area contributed by atoms with Crippen molar-refractivity contribution in [3.05, 3.63) is 84.4 Å². The van der Waals surface area contributed by atoms with Crippen LogP contribution in [0.25, 0.3) is 0 Å². The smallest absolute Gasteiger partial charge is 0.319 e. The lowest BCUT2D eigenvalue weighted by atomic mass is 10.2. The number of thiocarbonyl (C=S) groups is 1. The molecule has 0 saturated carbocycles. The number of benzene rings is 3. The second-order valence-electron chi connectivity index (χ2n) is 7.20. The molecule has 0 bridgehead atoms. The summed E-state index contributed by atoms with van der Waals surface area (Å²) in [6.07, 6.45) is 0. The molecule has 0 radical (unpaired) electrons. The van der Waals surface area contributed by atoms with Crippen LogP contribution in [0.4, 0.5) is 16.2 Å². The van der Waals surface area contributed by atoms with Crippen LogP contribution in [0.15, 0.2) is 78.9 Å². The predicted molar refractivity (Wildman–Crippen MR) is 130 cm³/mol. The van der Waals surface area contributed by atoms with Crippen LogP contribution in [0.2, 0.25) is 0 Å². The maximum absolute atomic E-state index is 11.7. The number of ether oxygens (including phenoxy) is 1. The van der Waals surface area contributed by atoms with Gasteiger partial charge in [-0.25, -0.2) is 4.79 Å². The van der Waals surface area contributed by atoms with Crippen molar-refractivity contribution in [1.29, 1.82) is 0 Å². The van der Waals surface area contributed by atoms with Crippen LogP contribution in [-0.4, -0.2) is 17.2 Å². The van der Waals surface area contributed by atoms with E-state index >= 15 is 0 Å². The van der Waals surface area contributed by atoms with Crippen LogP contribution in [0.3, 0.4) is 0 Å². The van der Waals surface area contributed by atoms with Gasteiger partial charge in [0.15, 0.2) is 5.11 Å². The summed E-state index contributed by atoms with van der Waals surface area (Å²) in [5, 5.41) is 12.4. The summed E-state index contributed by atoms with van der Waals surface area (Å²) < 4.78 is 5.79. The Hall–Kier alpha value is -3.58. The van der Waals surface area contributed by atoms with Crippen molar-refractivity contribution in [1.82, 2.24) is 10.6 Å². The van der Waals surface area contributed by atoms with E-state index in [1.54, 1.807) is 0 Å². The Bertz CT molecular complexity index is 990. The van der Waals surface area contributed by atoms with Gasteiger partial charge in [-0.1, -0.05) is 30.3 Å². The Morgan fingerprint density at radius 3 is 2.06 bits per heavy atom. The summed E-state index contributed by atoms with van der Waals surface area (Å²) in [4.78, 5) is 11.7. The third kappa shape index (κ3) is 7.64. The number of carbonyl (C=O) groups excluding carboxylic acids is 1. The molecular formula is C24H26N4O2S. The summed E-state index contributed by atoms with van der Waals surface area (Å²) in [6.45, 7) is 4.40. The van der Waals surface area contributed by atoms with Gasteiger partial charge in [-0.3, -0.25) is 0 Å². The molecule has 0 unspecified atom stereocenters. The molecule has 160 valence electrons. The van der Waals surface area contributed by atoms with Gasteiger partial charge in [0, 0.05) is 24.0 Å². The van der Waals surface area contributed by atoms with Crippen LogP contribution in [0.5, 0.6) is 11.5 Å². The van der Waals surface area contributed by atoms with Crippen LogP contribution in [0.1, 0.15) is 19.4 Å². The van der Waals surface area contributed by atoms with Crippen LogP contribution < -0.4 is 26.0 Å². The number of amides is 2. The Labute approximate surface area is 188 Å². The minimum atomic E-state index is -0.216. The van der Waals surface area contributed by atoms with E-state index in [0.717, 1.165) is 28.4 Å². The Balaban J connectivity index is 1.44. The van der Waals surface area contributed by atoms with Crippen molar-refractivity contribution < 1.29 is 9.53 Å². The fourth-order valence-corrected chi connectivity index (χ4v) is 2.91. The Morgan fingerprint density at radius 1 is 0.839 bits per heavy atom. The lowest BCUT2D eigenvalue weighted by Gasteiger charge is -2.12. The normalized spacial score (nSPS) is 10.3. The van der Waals surface area contributed by atoms with Gasteiger partial charge in [0.2, 0.25) is 0 Å². The van der Waals surface area contributed by atoms with Gasteiger partial charge in [0.05, 0.1) is 0 Å². The third-order valence-electron chi connectivity index (χ3n) is 4.18. The molecule has 0 spiro atoms. The van der Waals surface area contributed by atoms with E-state index in [4.69, 9.17) is 17.0 Å². The highest BCUT2D eigenvalue weighted by atomic mass is 32.1. The zero-order chi connectivity index (χ0) is 22.1. The third-order valence-corrected chi connectivity index (χ3v) is 4.42. The second-order valence-corrected chi connectivity index (χ2v) is 7.61. The number of nitrogens with one attached hydrogen (secondary N) is 4. The summed E-state index contributed by atoms with van der Waals surface area (Å²) in [5.41, 5.74) is 2.65. The van der Waals surface area contributed by atoms with Crippen LogP contribution in [0, 0.1) is 0 Å². The summed E-state index contributed by atoms with van der Waals surface area (Å²) in [5.74, 6) is 1.55. The number of carbonyl (C=O) groups is 1. The van der Waals surface area contributed by atoms with Crippen LogP contribution in [-0.2, 0) is 6.54 Å². The molecule has 0 atom stereocenters. The van der Waals surface area contributed by atoms with Gasteiger partial charge in [-0.2, -0.15) is 0 Å². The number of anilines is 2. The van der Waals surface area contributed by atoms with E-state index in [0.29, 0.717) is 11.7 Å². The number of urea groups is 1. The molecule has 0 aromatic heterocycles. The minimum Gasteiger partial charge on any atom is -0.457 e. The van der Waals surface area contributed by atoms with E-state index in [-0.39, 0.29) is 12.1 Å². The standard InChI is InChI=1S/C24H26N4O2S/c1-17(2)26-23(29)27-19-10-8-18(9-11-19)16-25-24(31)28-20-12-14-22(15-13-20)30-21-6-4-3-5-7-21/h3-15,17H,16H2,1-2H3,(H2,25,28,31)(H2,26,27,29). The zero-order valence-electron chi connectivity index (χ0n) is 17.5. The first-order chi connectivity index (χ1) is 15.0. The SMILES string of the molecule is CC(C)NC(=O)Nc1ccc(CNC(=S)Nc2ccc(Oc3ccccc3)cc2)cc1. The molecule has 2 amide bonds. The molecule has 0 saturated heterocycles. The van der Waals surface area contributed by atoms with Gasteiger partial charge in [0.25, 0.3) is 0 Å². The quantitative estimate of drug-likeness (QED) is 0.370. The van der Waals surface area contributed by atoms with Crippen molar-refractivity contribution in [2.45, 2.75) is 26.4 Å². The van der Waals surface area contributed by atoms with Gasteiger partial charge in [0.1, 0.15) is 11.5 Å². The molecular weight excluding hydrogens is 408 g/mol. The molecule has 6 nitrogen and oxygen atoms in total. The first-order valence-corrected chi connectivity index (χ1v) is 10.4. The summed E-state index contributed by atoms with van der Waals surface area (Å²) >= 11 is 5.38. The zero-order valence-corrected chi connectivity index (χ0v) is 18.3. The molecule has 0 aliphatic carbocycles. The number of rotatable bonds is 7. The highest BCUT2D eigenvalue weighted by Gasteiger charge is 2.04. The van der Waals surface area contributed by atoms with Gasteiger partial charge in [-0.15, -0.1) is 0 Å². The van der Waals surface area contributed by atoms with Crippen LogP contribution >= 0.6 is 12.2 Å². The molecule has 0 heterocycles. The second kappa shape index (κ2) is 11.0. The minimum absolute atomic E-state index is 0.0876. The Morgan fingerprint density at radius 2 is 1.42 bits per heavy atom. The molecule has 3 rings (SSSR count). The van der Waals surface area contributed by atoms with E-state index in [2.05, 4.69) is 21.3 Å². The van der Waals surface area contributed by atoms with Gasteiger partial charge >= 0.3 is 6.03 Å². The molecule has 0 aliphatic heterocycles. The molecule has 0 fully saturated rings. The average Bonchev–Trinajstić information content (AvgIpc) is 2.75. The number of hydrogen-bond acceptors (Lipinski definition) is 3. The topological polar surface area (TPSA) is 74.4 Å². The molecule has 4 N–H and O–H groups in total. The number of hydrogen-bond donors (Lipinski definition) is 4. The maximum Gasteiger partial charge on any atom is 0.319 e. The van der Waals surface area contributed by atoms with Crippen molar-refractivity contribution in [3.63, 3.8) is 0 Å². The lowest BCUT2D eigenvalue weighted by Crippen LogP contribution is -2.34. The molecule has 3 aromatic carbocycles. The molecule has 3 aromatic rings. The van der Waals surface area contributed by atoms with E-state index in [9.17, 15) is 4.79 Å².